The minimum absolute atomic E-state index is 0.218. The van der Waals surface area contributed by atoms with Crippen LogP contribution >= 0.6 is 0 Å². The minimum Gasteiger partial charge on any atom is -0.387 e. The van der Waals surface area contributed by atoms with E-state index in [0.29, 0.717) is 41.3 Å². The molecule has 11 heteroatoms. The van der Waals surface area contributed by atoms with Crippen LogP contribution in [0.25, 0.3) is 16.9 Å². The molecule has 1 aliphatic heterocycles. The third-order valence-corrected chi connectivity index (χ3v) is 7.08. The van der Waals surface area contributed by atoms with Crippen LogP contribution in [0, 0.1) is 0 Å². The molecule has 0 saturated carbocycles. The Balaban J connectivity index is 1.57. The Morgan fingerprint density at radius 2 is 2.00 bits per heavy atom. The van der Waals surface area contributed by atoms with E-state index in [1.807, 2.05) is 18.2 Å². The van der Waals surface area contributed by atoms with Gasteiger partial charge < -0.3 is 20.4 Å². The molecule has 0 saturated heterocycles. The summed E-state index contributed by atoms with van der Waals surface area (Å²) in [5.41, 5.74) is 1.86. The van der Waals surface area contributed by atoms with Crippen LogP contribution in [0.15, 0.2) is 60.0 Å². The number of carbonyl (C=O) groups excluding carboxylic acids is 1. The van der Waals surface area contributed by atoms with Crippen LogP contribution in [0.4, 0.5) is 11.6 Å². The van der Waals surface area contributed by atoms with Crippen LogP contribution in [0.1, 0.15) is 44.5 Å². The third-order valence-electron chi connectivity index (χ3n) is 7.08. The van der Waals surface area contributed by atoms with Crippen LogP contribution in [0.3, 0.4) is 0 Å². The number of hydrogen-bond acceptors (Lipinski definition) is 8. The molecule has 4 aromatic rings. The molecule has 0 atom stereocenters. The average Bonchev–Trinajstić information content (AvgIpc) is 3.18. The first kappa shape index (κ1) is 27.2. The quantitative estimate of drug-likeness (QED) is 0.303. The Kier molecular flexibility index (Phi) is 6.80. The number of carbonyl (C=O) groups is 1. The highest BCUT2D eigenvalue weighted by atomic mass is 16.3. The van der Waals surface area contributed by atoms with Gasteiger partial charge in [0.1, 0.15) is 17.6 Å². The third kappa shape index (κ3) is 4.89. The standard InChI is InChI=1S/C29H33N7O4/c1-6-12-35-26(39)20-14-30-27(33-25(20)36(35)23-9-7-8-22(32-23)29(4,5)40)31-19-10-11-21-18(13-19)15-34(24(38)16-37)17-28(21,2)3/h6-11,13-14,37,40H,1,12,15-17H2,2-5H3,(H,30,31,33). The molecule has 4 heterocycles. The van der Waals surface area contributed by atoms with Crippen molar-refractivity contribution in [1.29, 1.82) is 0 Å². The highest BCUT2D eigenvalue weighted by molar-refractivity contribution is 5.78. The fraction of sp³-hybridized carbons (Fsp3) is 0.345. The van der Waals surface area contributed by atoms with Gasteiger partial charge in [-0.15, -0.1) is 6.58 Å². The van der Waals surface area contributed by atoms with Crippen molar-refractivity contribution in [1.82, 2.24) is 29.2 Å². The normalized spacial score (nSPS) is 14.7. The van der Waals surface area contributed by atoms with Crippen molar-refractivity contribution in [3.05, 3.63) is 82.4 Å². The van der Waals surface area contributed by atoms with Gasteiger partial charge >= 0.3 is 0 Å². The maximum absolute atomic E-state index is 13.3. The zero-order chi connectivity index (χ0) is 28.8. The van der Waals surface area contributed by atoms with E-state index in [2.05, 4.69) is 40.7 Å². The smallest absolute Gasteiger partial charge is 0.278 e. The number of nitrogens with one attached hydrogen (secondary N) is 1. The minimum atomic E-state index is -1.18. The lowest BCUT2D eigenvalue weighted by Gasteiger charge is -2.40. The van der Waals surface area contributed by atoms with Crippen molar-refractivity contribution in [3.63, 3.8) is 0 Å². The van der Waals surface area contributed by atoms with Gasteiger partial charge in [0.25, 0.3) is 5.56 Å². The van der Waals surface area contributed by atoms with Crippen molar-refractivity contribution in [2.45, 2.75) is 51.8 Å². The van der Waals surface area contributed by atoms with Crippen molar-refractivity contribution in [2.75, 3.05) is 18.5 Å². The van der Waals surface area contributed by atoms with Crippen molar-refractivity contribution < 1.29 is 15.0 Å². The Bertz CT molecular complexity index is 1680. The van der Waals surface area contributed by atoms with Gasteiger partial charge in [-0.05, 0) is 49.2 Å². The molecule has 208 valence electrons. The highest BCUT2D eigenvalue weighted by Gasteiger charge is 2.33. The number of allylic oxidation sites excluding steroid dienone is 1. The molecule has 3 N–H and O–H groups in total. The average molecular weight is 544 g/mol. The first-order valence-electron chi connectivity index (χ1n) is 13.0. The van der Waals surface area contributed by atoms with Crippen molar-refractivity contribution in [3.8, 4) is 5.82 Å². The van der Waals surface area contributed by atoms with Crippen molar-refractivity contribution in [2.24, 2.45) is 0 Å². The van der Waals surface area contributed by atoms with E-state index in [9.17, 15) is 19.8 Å². The number of nitrogens with zero attached hydrogens (tertiary/aromatic N) is 6. The zero-order valence-electron chi connectivity index (χ0n) is 23.0. The van der Waals surface area contributed by atoms with E-state index >= 15 is 0 Å². The predicted molar refractivity (Wildman–Crippen MR) is 152 cm³/mol. The van der Waals surface area contributed by atoms with Gasteiger partial charge in [-0.25, -0.2) is 19.3 Å². The summed E-state index contributed by atoms with van der Waals surface area (Å²) in [5.74, 6) is 0.381. The molecule has 0 aliphatic carbocycles. The van der Waals surface area contributed by atoms with E-state index in [4.69, 9.17) is 0 Å². The number of aliphatic hydroxyl groups is 2. The summed E-state index contributed by atoms with van der Waals surface area (Å²) in [6, 6.07) is 11.1. The number of anilines is 2. The molecule has 0 spiro atoms. The molecular weight excluding hydrogens is 510 g/mol. The molecule has 11 nitrogen and oxygen atoms in total. The molecule has 1 aromatic carbocycles. The van der Waals surface area contributed by atoms with Crippen LogP contribution in [-0.2, 0) is 28.9 Å². The highest BCUT2D eigenvalue weighted by Crippen LogP contribution is 2.35. The zero-order valence-corrected chi connectivity index (χ0v) is 23.0. The second-order valence-electron chi connectivity index (χ2n) is 11.1. The molecule has 0 fully saturated rings. The summed E-state index contributed by atoms with van der Waals surface area (Å²) in [5, 5.41) is 23.4. The molecule has 0 bridgehead atoms. The van der Waals surface area contributed by atoms with E-state index in [1.165, 1.54) is 10.9 Å². The van der Waals surface area contributed by atoms with E-state index in [-0.39, 0.29) is 29.4 Å². The van der Waals surface area contributed by atoms with Gasteiger partial charge in [-0.3, -0.25) is 9.59 Å². The van der Waals surface area contributed by atoms with E-state index < -0.39 is 12.2 Å². The van der Waals surface area contributed by atoms with E-state index in [0.717, 1.165) is 11.1 Å². The van der Waals surface area contributed by atoms with Crippen LogP contribution < -0.4 is 10.9 Å². The predicted octanol–water partition coefficient (Wildman–Crippen LogP) is 2.75. The molecule has 0 unspecified atom stereocenters. The van der Waals surface area contributed by atoms with Gasteiger partial charge in [0.05, 0.1) is 12.2 Å². The van der Waals surface area contributed by atoms with Crippen LogP contribution in [-0.4, -0.2) is 58.5 Å². The Morgan fingerprint density at radius 3 is 2.70 bits per heavy atom. The maximum atomic E-state index is 13.3. The molecule has 1 aliphatic rings. The Morgan fingerprint density at radius 1 is 1.23 bits per heavy atom. The lowest BCUT2D eigenvalue weighted by Crippen LogP contribution is -2.46. The molecule has 1 amide bonds. The summed E-state index contributed by atoms with van der Waals surface area (Å²) in [7, 11) is 0. The Labute approximate surface area is 231 Å². The topological polar surface area (TPSA) is 138 Å². The lowest BCUT2D eigenvalue weighted by atomic mass is 9.78. The SMILES string of the molecule is C=CCn1c(=O)c2cnc(Nc3ccc4c(c3)CN(C(=O)CO)CC4(C)C)nc2n1-c1cccc(C(C)(C)O)n1. The van der Waals surface area contributed by atoms with Gasteiger partial charge in [0, 0.05) is 30.4 Å². The number of benzene rings is 1. The summed E-state index contributed by atoms with van der Waals surface area (Å²) in [4.78, 5) is 40.9. The summed E-state index contributed by atoms with van der Waals surface area (Å²) in [6.45, 7) is 11.8. The summed E-state index contributed by atoms with van der Waals surface area (Å²) >= 11 is 0. The molecule has 0 radical (unpaired) electrons. The van der Waals surface area contributed by atoms with Crippen LogP contribution in [0.2, 0.25) is 0 Å². The fourth-order valence-electron chi connectivity index (χ4n) is 5.18. The maximum Gasteiger partial charge on any atom is 0.278 e. The Hall–Kier alpha value is -4.35. The second kappa shape index (κ2) is 10.00. The fourth-order valence-corrected chi connectivity index (χ4v) is 5.18. The number of aliphatic hydroxyl groups excluding tert-OH is 1. The number of rotatable bonds is 7. The lowest BCUT2D eigenvalue weighted by molar-refractivity contribution is -0.136. The van der Waals surface area contributed by atoms with Gasteiger partial charge in [-0.2, -0.15) is 4.98 Å². The van der Waals surface area contributed by atoms with Gasteiger partial charge in [0.15, 0.2) is 11.5 Å². The number of aromatic nitrogens is 5. The number of hydrogen-bond donors (Lipinski definition) is 3. The van der Waals surface area contributed by atoms with Gasteiger partial charge in [-0.1, -0.05) is 32.1 Å². The molecule has 5 rings (SSSR count). The van der Waals surface area contributed by atoms with E-state index in [1.54, 1.807) is 47.7 Å². The monoisotopic (exact) mass is 543 g/mol. The summed E-state index contributed by atoms with van der Waals surface area (Å²) in [6.07, 6.45) is 3.09. The number of amides is 1. The molecular formula is C29H33N7O4. The first-order chi connectivity index (χ1) is 18.9. The first-order valence-corrected chi connectivity index (χ1v) is 13.0. The second-order valence-corrected chi connectivity index (χ2v) is 11.1. The number of pyridine rings is 1. The largest absolute Gasteiger partial charge is 0.387 e. The molecule has 40 heavy (non-hydrogen) atoms. The summed E-state index contributed by atoms with van der Waals surface area (Å²) < 4.78 is 3.08. The number of fused-ring (bicyclic) bond motifs is 2. The van der Waals surface area contributed by atoms with Gasteiger partial charge in [0.2, 0.25) is 11.9 Å². The van der Waals surface area contributed by atoms with Crippen molar-refractivity contribution >= 4 is 28.6 Å². The van der Waals surface area contributed by atoms with Crippen LogP contribution in [0.5, 0.6) is 0 Å². The molecule has 3 aromatic heterocycles.